The molecule has 1 aromatic carbocycles. The van der Waals surface area contributed by atoms with Crippen molar-refractivity contribution in [2.75, 3.05) is 13.1 Å². The molecule has 0 atom stereocenters. The van der Waals surface area contributed by atoms with Crippen molar-refractivity contribution in [3.8, 4) is 0 Å². The fraction of sp³-hybridized carbons (Fsp3) is 0.294. The van der Waals surface area contributed by atoms with Crippen molar-refractivity contribution in [1.29, 1.82) is 0 Å². The van der Waals surface area contributed by atoms with Crippen molar-refractivity contribution in [2.45, 2.75) is 19.3 Å². The van der Waals surface area contributed by atoms with Gasteiger partial charge in [0.1, 0.15) is 0 Å². The predicted octanol–water partition coefficient (Wildman–Crippen LogP) is 2.39. The van der Waals surface area contributed by atoms with Crippen LogP contribution >= 0.6 is 0 Å². The minimum Gasteiger partial charge on any atom is -0.473 e. The smallest absolute Gasteiger partial charge is 0.414 e. The van der Waals surface area contributed by atoms with E-state index in [0.29, 0.717) is 0 Å². The number of aryl methyl sites for hydroxylation is 1. The first-order valence-corrected chi connectivity index (χ1v) is 7.22. The average molecular weight is 301 g/mol. The molecule has 1 aliphatic heterocycles. The molecule has 1 aliphatic carbocycles. The Morgan fingerprint density at radius 3 is 2.41 bits per heavy atom. The minimum atomic E-state index is -1.82. The van der Waals surface area contributed by atoms with Gasteiger partial charge in [-0.1, -0.05) is 36.4 Å². The van der Waals surface area contributed by atoms with Gasteiger partial charge in [0.2, 0.25) is 0 Å². The SMILES string of the molecule is C1=CCN(/C=C2/CCc3ccccc32)CC1.O=C(O)C(=O)O. The maximum atomic E-state index is 9.10. The van der Waals surface area contributed by atoms with Crippen molar-refractivity contribution in [2.24, 2.45) is 0 Å². The average Bonchev–Trinajstić information content (AvgIpc) is 2.92. The minimum absolute atomic E-state index is 1.08. The molecule has 0 radical (unpaired) electrons. The van der Waals surface area contributed by atoms with Crippen LogP contribution in [0.25, 0.3) is 5.57 Å². The molecule has 22 heavy (non-hydrogen) atoms. The summed E-state index contributed by atoms with van der Waals surface area (Å²) in [5.41, 5.74) is 4.50. The summed E-state index contributed by atoms with van der Waals surface area (Å²) in [5.74, 6) is -3.65. The maximum absolute atomic E-state index is 9.10. The molecule has 0 aromatic heterocycles. The summed E-state index contributed by atoms with van der Waals surface area (Å²) in [6.45, 7) is 2.24. The van der Waals surface area contributed by atoms with Gasteiger partial charge in [0.15, 0.2) is 0 Å². The van der Waals surface area contributed by atoms with E-state index in [4.69, 9.17) is 19.8 Å². The standard InChI is InChI=1S/C15H17N.C2H2O4/c1-4-10-16(11-5-1)12-14-9-8-13-6-2-3-7-15(13)14;3-1(4)2(5)6/h1-4,6-7,12H,5,8-11H2;(H,3,4)(H,5,6)/b14-12-;. The molecule has 0 fully saturated rings. The van der Waals surface area contributed by atoms with Gasteiger partial charge in [-0.25, -0.2) is 9.59 Å². The molecule has 116 valence electrons. The van der Waals surface area contributed by atoms with Crippen LogP contribution in [0.2, 0.25) is 0 Å². The summed E-state index contributed by atoms with van der Waals surface area (Å²) in [6.07, 6.45) is 10.5. The Kier molecular flexibility index (Phi) is 5.36. The van der Waals surface area contributed by atoms with E-state index in [-0.39, 0.29) is 0 Å². The van der Waals surface area contributed by atoms with E-state index >= 15 is 0 Å². The number of hydrogen-bond acceptors (Lipinski definition) is 3. The lowest BCUT2D eigenvalue weighted by Crippen LogP contribution is -2.21. The van der Waals surface area contributed by atoms with Crippen LogP contribution in [0.3, 0.4) is 0 Å². The van der Waals surface area contributed by atoms with Gasteiger partial charge >= 0.3 is 11.9 Å². The van der Waals surface area contributed by atoms with Gasteiger partial charge in [0, 0.05) is 19.3 Å². The van der Waals surface area contributed by atoms with Crippen LogP contribution in [-0.4, -0.2) is 40.1 Å². The second-order valence-electron chi connectivity index (χ2n) is 5.18. The zero-order chi connectivity index (χ0) is 15.9. The van der Waals surface area contributed by atoms with Crippen molar-refractivity contribution < 1.29 is 19.8 Å². The van der Waals surface area contributed by atoms with E-state index in [1.54, 1.807) is 0 Å². The van der Waals surface area contributed by atoms with Crippen molar-refractivity contribution in [3.05, 3.63) is 53.7 Å². The summed E-state index contributed by atoms with van der Waals surface area (Å²) in [6, 6.07) is 8.81. The van der Waals surface area contributed by atoms with Crippen molar-refractivity contribution >= 4 is 17.5 Å². The highest BCUT2D eigenvalue weighted by atomic mass is 16.4. The number of carboxylic acid groups (broad SMARTS) is 2. The first-order chi connectivity index (χ1) is 10.6. The van der Waals surface area contributed by atoms with Gasteiger partial charge in [-0.05, 0) is 36.0 Å². The molecule has 0 amide bonds. The Morgan fingerprint density at radius 2 is 1.77 bits per heavy atom. The number of carbonyl (C=O) groups is 2. The van der Waals surface area contributed by atoms with E-state index in [0.717, 1.165) is 6.54 Å². The van der Waals surface area contributed by atoms with Crippen LogP contribution in [0.1, 0.15) is 24.0 Å². The number of carboxylic acids is 2. The fourth-order valence-corrected chi connectivity index (χ4v) is 2.59. The third-order valence-corrected chi connectivity index (χ3v) is 3.64. The summed E-state index contributed by atoms with van der Waals surface area (Å²) in [5, 5.41) is 14.8. The summed E-state index contributed by atoms with van der Waals surface area (Å²) < 4.78 is 0. The Hall–Kier alpha value is -2.56. The van der Waals surface area contributed by atoms with E-state index in [2.05, 4.69) is 47.5 Å². The summed E-state index contributed by atoms with van der Waals surface area (Å²) in [7, 11) is 0. The second-order valence-corrected chi connectivity index (χ2v) is 5.18. The Bertz CT molecular complexity index is 607. The van der Waals surface area contributed by atoms with Crippen LogP contribution in [0, 0.1) is 0 Å². The highest BCUT2D eigenvalue weighted by Gasteiger charge is 2.16. The molecule has 1 aromatic rings. The zero-order valence-corrected chi connectivity index (χ0v) is 12.2. The molecule has 5 heteroatoms. The summed E-state index contributed by atoms with van der Waals surface area (Å²) in [4.78, 5) is 20.6. The lowest BCUT2D eigenvalue weighted by molar-refractivity contribution is -0.159. The van der Waals surface area contributed by atoms with Gasteiger partial charge in [0.05, 0.1) is 0 Å². The zero-order valence-electron chi connectivity index (χ0n) is 12.2. The molecular formula is C17H19NO4. The van der Waals surface area contributed by atoms with Crippen LogP contribution in [-0.2, 0) is 16.0 Å². The van der Waals surface area contributed by atoms with E-state index in [1.807, 2.05) is 0 Å². The van der Waals surface area contributed by atoms with Crippen molar-refractivity contribution in [3.63, 3.8) is 0 Å². The number of benzene rings is 1. The third-order valence-electron chi connectivity index (χ3n) is 3.64. The maximum Gasteiger partial charge on any atom is 0.414 e. The van der Waals surface area contributed by atoms with Gasteiger partial charge in [-0.15, -0.1) is 0 Å². The molecule has 2 aliphatic rings. The molecule has 2 N–H and O–H groups in total. The summed E-state index contributed by atoms with van der Waals surface area (Å²) >= 11 is 0. The number of hydrogen-bond donors (Lipinski definition) is 2. The van der Waals surface area contributed by atoms with E-state index in [1.165, 1.54) is 42.5 Å². The number of aliphatic carboxylic acids is 2. The Morgan fingerprint density at radius 1 is 1.05 bits per heavy atom. The van der Waals surface area contributed by atoms with Crippen LogP contribution in [0.4, 0.5) is 0 Å². The van der Waals surface area contributed by atoms with Gasteiger partial charge in [0.25, 0.3) is 0 Å². The molecule has 5 nitrogen and oxygen atoms in total. The molecule has 1 heterocycles. The highest BCUT2D eigenvalue weighted by molar-refractivity contribution is 6.27. The quantitative estimate of drug-likeness (QED) is 0.615. The Balaban J connectivity index is 0.000000254. The topological polar surface area (TPSA) is 77.8 Å². The largest absolute Gasteiger partial charge is 0.473 e. The van der Waals surface area contributed by atoms with Crippen LogP contribution in [0.15, 0.2) is 42.6 Å². The number of rotatable bonds is 1. The number of fused-ring (bicyclic) bond motifs is 1. The fourth-order valence-electron chi connectivity index (χ4n) is 2.59. The molecular weight excluding hydrogens is 282 g/mol. The monoisotopic (exact) mass is 301 g/mol. The van der Waals surface area contributed by atoms with Gasteiger partial charge in [-0.2, -0.15) is 0 Å². The molecule has 0 spiro atoms. The molecule has 0 saturated heterocycles. The lowest BCUT2D eigenvalue weighted by Gasteiger charge is -2.22. The molecule has 0 bridgehead atoms. The number of nitrogens with zero attached hydrogens (tertiary/aromatic N) is 1. The van der Waals surface area contributed by atoms with E-state index < -0.39 is 11.9 Å². The predicted molar refractivity (Wildman–Crippen MR) is 83.3 cm³/mol. The normalized spacial score (nSPS) is 17.6. The second kappa shape index (κ2) is 7.45. The van der Waals surface area contributed by atoms with Gasteiger partial charge < -0.3 is 15.1 Å². The van der Waals surface area contributed by atoms with Gasteiger partial charge in [-0.3, -0.25) is 0 Å². The first-order valence-electron chi connectivity index (χ1n) is 7.22. The van der Waals surface area contributed by atoms with E-state index in [9.17, 15) is 0 Å². The van der Waals surface area contributed by atoms with Crippen LogP contribution in [0.5, 0.6) is 0 Å². The van der Waals surface area contributed by atoms with Crippen LogP contribution < -0.4 is 0 Å². The molecule has 0 saturated carbocycles. The lowest BCUT2D eigenvalue weighted by atomic mass is 10.1. The third kappa shape index (κ3) is 4.22. The highest BCUT2D eigenvalue weighted by Crippen LogP contribution is 2.32. The number of allylic oxidation sites excluding steroid dienone is 1. The Labute approximate surface area is 129 Å². The van der Waals surface area contributed by atoms with Crippen molar-refractivity contribution in [1.82, 2.24) is 4.90 Å². The molecule has 3 rings (SSSR count). The first kappa shape index (κ1) is 15.8. The molecule has 0 unspecified atom stereocenters.